The number of carbonyl (C=O) groups excluding carboxylic acids is 1. The molecule has 0 bridgehead atoms. The van der Waals surface area contributed by atoms with E-state index in [4.69, 9.17) is 9.47 Å². The summed E-state index contributed by atoms with van der Waals surface area (Å²) in [5.74, 6) is 4.53. The Labute approximate surface area is 204 Å². The van der Waals surface area contributed by atoms with Gasteiger partial charge in [0.05, 0.1) is 18.4 Å². The summed E-state index contributed by atoms with van der Waals surface area (Å²) >= 11 is 0. The first-order chi connectivity index (χ1) is 16.3. The highest BCUT2D eigenvalue weighted by Crippen LogP contribution is 2.82. The molecule has 34 heavy (non-hydrogen) atoms. The van der Waals surface area contributed by atoms with Gasteiger partial charge < -0.3 is 14.8 Å². The Morgan fingerprint density at radius 3 is 2.65 bits per heavy atom. The quantitative estimate of drug-likeness (QED) is 0.623. The smallest absolute Gasteiger partial charge is 0.269 e. The summed E-state index contributed by atoms with van der Waals surface area (Å²) in [5.41, 5.74) is 1.74. The standard InChI is InChI=1S/C29H42N2O3/c1-17(34-19-6-9-24(31-16-19)26(32)30-4)21-7-8-22-20-14-25(33-5)29-15-18(29)10-13-28(29,3)23(20)11-12-27(21,22)2/h6,9,16-18,20-23,25H,7-8,10-15H2,1-5H3,(H,30,32)/t17-,18+,20-,21+,22-,23-,25?,27+,28+,29?/m0/s1. The van der Waals surface area contributed by atoms with Crippen LogP contribution in [0.3, 0.4) is 0 Å². The molecule has 5 fully saturated rings. The topological polar surface area (TPSA) is 60.5 Å². The number of hydrogen-bond acceptors (Lipinski definition) is 4. The molecule has 5 heteroatoms. The highest BCUT2D eigenvalue weighted by molar-refractivity contribution is 5.91. The van der Waals surface area contributed by atoms with Crippen LogP contribution in [0.15, 0.2) is 18.3 Å². The van der Waals surface area contributed by atoms with Crippen LogP contribution < -0.4 is 10.1 Å². The summed E-state index contributed by atoms with van der Waals surface area (Å²) in [7, 11) is 3.60. The molecule has 1 amide bonds. The molecule has 5 aliphatic rings. The fraction of sp³-hybridized carbons (Fsp3) is 0.793. The van der Waals surface area contributed by atoms with Crippen molar-refractivity contribution in [2.24, 2.45) is 45.8 Å². The lowest BCUT2D eigenvalue weighted by Gasteiger charge is -2.61. The number of pyridine rings is 1. The number of nitrogens with zero attached hydrogens (tertiary/aromatic N) is 1. The summed E-state index contributed by atoms with van der Waals surface area (Å²) in [6.45, 7) is 7.47. The van der Waals surface area contributed by atoms with Crippen LogP contribution in [0, 0.1) is 45.8 Å². The lowest BCUT2D eigenvalue weighted by Crippen LogP contribution is -2.57. The van der Waals surface area contributed by atoms with Crippen molar-refractivity contribution < 1.29 is 14.3 Å². The van der Waals surface area contributed by atoms with Crippen LogP contribution in [-0.4, -0.2) is 37.3 Å². The molecule has 5 aliphatic carbocycles. The van der Waals surface area contributed by atoms with Gasteiger partial charge in [-0.15, -0.1) is 0 Å². The van der Waals surface area contributed by atoms with Gasteiger partial charge in [-0.1, -0.05) is 13.8 Å². The fourth-order valence-electron chi connectivity index (χ4n) is 10.4. The van der Waals surface area contributed by atoms with E-state index in [1.54, 1.807) is 19.3 Å². The van der Waals surface area contributed by atoms with Gasteiger partial charge in [-0.3, -0.25) is 4.79 Å². The first kappa shape index (κ1) is 22.8. The average molecular weight is 467 g/mol. The maximum Gasteiger partial charge on any atom is 0.269 e. The Hall–Kier alpha value is -1.62. The zero-order chi connectivity index (χ0) is 23.9. The number of ether oxygens (including phenoxy) is 2. The molecule has 1 spiro atoms. The monoisotopic (exact) mass is 466 g/mol. The number of methoxy groups -OCH3 is 1. The minimum atomic E-state index is -0.167. The molecule has 2 unspecified atom stereocenters. The molecule has 0 aliphatic heterocycles. The minimum Gasteiger partial charge on any atom is -0.489 e. The minimum absolute atomic E-state index is 0.141. The Kier molecular flexibility index (Phi) is 5.16. The van der Waals surface area contributed by atoms with Crippen molar-refractivity contribution in [3.05, 3.63) is 24.0 Å². The summed E-state index contributed by atoms with van der Waals surface area (Å²) < 4.78 is 12.7. The van der Waals surface area contributed by atoms with Crippen LogP contribution in [0.5, 0.6) is 5.75 Å². The van der Waals surface area contributed by atoms with E-state index < -0.39 is 0 Å². The van der Waals surface area contributed by atoms with Gasteiger partial charge in [0.15, 0.2) is 0 Å². The molecular weight excluding hydrogens is 424 g/mol. The van der Waals surface area contributed by atoms with Crippen molar-refractivity contribution in [3.8, 4) is 5.75 Å². The second-order valence-electron chi connectivity index (χ2n) is 12.7. The number of rotatable bonds is 5. The molecule has 0 aromatic carbocycles. The fourth-order valence-corrected chi connectivity index (χ4v) is 10.4. The predicted molar refractivity (Wildman–Crippen MR) is 132 cm³/mol. The molecular formula is C29H42N2O3. The van der Waals surface area contributed by atoms with Crippen LogP contribution in [-0.2, 0) is 4.74 Å². The highest BCUT2D eigenvalue weighted by atomic mass is 16.5. The van der Waals surface area contributed by atoms with Gasteiger partial charge in [-0.05, 0) is 105 Å². The molecule has 1 heterocycles. The largest absolute Gasteiger partial charge is 0.489 e. The van der Waals surface area contributed by atoms with Crippen LogP contribution in [0.2, 0.25) is 0 Å². The van der Waals surface area contributed by atoms with Gasteiger partial charge in [0.1, 0.15) is 11.4 Å². The molecule has 5 saturated carbocycles. The van der Waals surface area contributed by atoms with Crippen LogP contribution in [0.25, 0.3) is 0 Å². The van der Waals surface area contributed by atoms with E-state index >= 15 is 0 Å². The van der Waals surface area contributed by atoms with Gasteiger partial charge in [-0.2, -0.15) is 0 Å². The molecule has 6 rings (SSSR count). The maximum absolute atomic E-state index is 11.8. The normalized spacial score (nSPS) is 47.1. The number of carbonyl (C=O) groups is 1. The average Bonchev–Trinajstić information content (AvgIpc) is 3.34. The maximum atomic E-state index is 11.8. The second-order valence-corrected chi connectivity index (χ2v) is 12.7. The van der Waals surface area contributed by atoms with Gasteiger partial charge in [0.2, 0.25) is 0 Å². The zero-order valence-electron chi connectivity index (χ0n) is 21.6. The van der Waals surface area contributed by atoms with Crippen molar-refractivity contribution in [1.29, 1.82) is 0 Å². The second kappa shape index (κ2) is 7.69. The zero-order valence-corrected chi connectivity index (χ0v) is 21.6. The molecule has 186 valence electrons. The van der Waals surface area contributed by atoms with Gasteiger partial charge in [0.25, 0.3) is 5.91 Å². The SMILES string of the molecule is CNC(=O)c1ccc(O[C@@H](C)[C@H]2CC[C@H]3[C@@H]4CC(OC)C56C[C@H]5CC[C@]6(C)[C@H]4CC[C@]23C)cn1. The van der Waals surface area contributed by atoms with Crippen molar-refractivity contribution in [2.45, 2.75) is 84.3 Å². The molecule has 0 radical (unpaired) electrons. The molecule has 10 atom stereocenters. The Bertz CT molecular complexity index is 965. The van der Waals surface area contributed by atoms with E-state index in [9.17, 15) is 4.79 Å². The van der Waals surface area contributed by atoms with Crippen molar-refractivity contribution in [2.75, 3.05) is 14.2 Å². The summed E-state index contributed by atoms with van der Waals surface area (Å²) in [4.78, 5) is 16.1. The van der Waals surface area contributed by atoms with E-state index in [-0.39, 0.29) is 12.0 Å². The molecule has 5 nitrogen and oxygen atoms in total. The third-order valence-corrected chi connectivity index (χ3v) is 12.0. The van der Waals surface area contributed by atoms with E-state index in [0.29, 0.717) is 34.0 Å². The predicted octanol–water partition coefficient (Wildman–Crippen LogP) is 5.49. The highest BCUT2D eigenvalue weighted by Gasteiger charge is 2.77. The van der Waals surface area contributed by atoms with Gasteiger partial charge >= 0.3 is 0 Å². The Morgan fingerprint density at radius 1 is 1.15 bits per heavy atom. The summed E-state index contributed by atoms with van der Waals surface area (Å²) in [6.07, 6.45) is 13.1. The molecule has 1 aromatic heterocycles. The Morgan fingerprint density at radius 2 is 1.97 bits per heavy atom. The first-order valence-corrected chi connectivity index (χ1v) is 13.7. The number of nitrogens with one attached hydrogen (secondary N) is 1. The Balaban J connectivity index is 1.20. The lowest BCUT2D eigenvalue weighted by molar-refractivity contribution is -0.162. The van der Waals surface area contributed by atoms with Gasteiger partial charge in [0, 0.05) is 25.5 Å². The number of fused-ring (bicyclic) bond motifs is 4. The number of amides is 1. The lowest BCUT2D eigenvalue weighted by atomic mass is 9.45. The molecule has 1 N–H and O–H groups in total. The van der Waals surface area contributed by atoms with E-state index in [0.717, 1.165) is 29.4 Å². The van der Waals surface area contributed by atoms with Crippen molar-refractivity contribution in [1.82, 2.24) is 10.3 Å². The van der Waals surface area contributed by atoms with Crippen LogP contribution in [0.4, 0.5) is 0 Å². The first-order valence-electron chi connectivity index (χ1n) is 13.7. The summed E-state index contributed by atoms with van der Waals surface area (Å²) in [5, 5.41) is 2.62. The van der Waals surface area contributed by atoms with Gasteiger partial charge in [-0.25, -0.2) is 4.98 Å². The third kappa shape index (κ3) is 2.88. The molecule has 0 saturated heterocycles. The molecule has 1 aromatic rings. The van der Waals surface area contributed by atoms with Crippen molar-refractivity contribution >= 4 is 5.91 Å². The van der Waals surface area contributed by atoms with E-state index in [2.05, 4.69) is 31.1 Å². The van der Waals surface area contributed by atoms with Crippen molar-refractivity contribution in [3.63, 3.8) is 0 Å². The van der Waals surface area contributed by atoms with Crippen LogP contribution in [0.1, 0.15) is 82.6 Å². The number of aromatic nitrogens is 1. The summed E-state index contributed by atoms with van der Waals surface area (Å²) in [6, 6.07) is 3.64. The van der Waals surface area contributed by atoms with Crippen LogP contribution >= 0.6 is 0 Å². The van der Waals surface area contributed by atoms with E-state index in [1.807, 2.05) is 13.2 Å². The van der Waals surface area contributed by atoms with E-state index in [1.165, 1.54) is 51.4 Å². The number of hydrogen-bond donors (Lipinski definition) is 1. The third-order valence-electron chi connectivity index (χ3n) is 12.0.